The average molecular weight is 308 g/mol. The van der Waals surface area contributed by atoms with Crippen LogP contribution in [0, 0.1) is 11.3 Å². The molecule has 0 bridgehead atoms. The Morgan fingerprint density at radius 3 is 2.33 bits per heavy atom. The summed E-state index contributed by atoms with van der Waals surface area (Å²) in [6, 6.07) is 9.42. The van der Waals surface area contributed by atoms with Crippen LogP contribution in [0.5, 0.6) is 0 Å². The number of hydrogen-bond donors (Lipinski definition) is 1. The number of halogens is 1. The Morgan fingerprint density at radius 1 is 1.14 bits per heavy atom. The highest BCUT2D eigenvalue weighted by Gasteiger charge is 2.34. The van der Waals surface area contributed by atoms with E-state index in [9.17, 15) is 0 Å². The molecule has 1 aromatic carbocycles. The van der Waals surface area contributed by atoms with Crippen LogP contribution in [0.3, 0.4) is 0 Å². The minimum Gasteiger partial charge on any atom is -0.307 e. The summed E-state index contributed by atoms with van der Waals surface area (Å²) in [5.74, 6) is 0.771. The van der Waals surface area contributed by atoms with Gasteiger partial charge in [-0.05, 0) is 48.3 Å². The second-order valence-electron chi connectivity index (χ2n) is 7.54. The third-order valence-electron chi connectivity index (χ3n) is 4.97. The van der Waals surface area contributed by atoms with Gasteiger partial charge in [-0.3, -0.25) is 0 Å². The lowest BCUT2D eigenvalue weighted by Crippen LogP contribution is -2.45. The van der Waals surface area contributed by atoms with E-state index in [-0.39, 0.29) is 0 Å². The zero-order chi connectivity index (χ0) is 15.5. The van der Waals surface area contributed by atoms with Crippen molar-refractivity contribution in [3.8, 4) is 0 Å². The van der Waals surface area contributed by atoms with Gasteiger partial charge in [-0.25, -0.2) is 0 Å². The van der Waals surface area contributed by atoms with Crippen LogP contribution in [0.25, 0.3) is 0 Å². The van der Waals surface area contributed by atoms with E-state index < -0.39 is 0 Å². The molecule has 1 N–H and O–H groups in total. The quantitative estimate of drug-likeness (QED) is 0.721. The molecule has 0 amide bonds. The maximum atomic E-state index is 6.01. The van der Waals surface area contributed by atoms with Crippen molar-refractivity contribution in [2.45, 2.75) is 71.9 Å². The first-order valence-electron chi connectivity index (χ1n) is 8.43. The van der Waals surface area contributed by atoms with Crippen molar-refractivity contribution < 1.29 is 0 Å². The van der Waals surface area contributed by atoms with Gasteiger partial charge in [-0.2, -0.15) is 0 Å². The fourth-order valence-electron chi connectivity index (χ4n) is 3.77. The summed E-state index contributed by atoms with van der Waals surface area (Å²) in [6.07, 6.45) is 6.54. The van der Waals surface area contributed by atoms with Gasteiger partial charge in [0.05, 0.1) is 0 Å². The lowest BCUT2D eigenvalue weighted by Gasteiger charge is -2.42. The number of hydrogen-bond acceptors (Lipinski definition) is 1. The third-order valence-corrected chi connectivity index (χ3v) is 5.23. The summed E-state index contributed by atoms with van der Waals surface area (Å²) in [4.78, 5) is 0. The fourth-order valence-corrected chi connectivity index (χ4v) is 3.90. The van der Waals surface area contributed by atoms with Crippen LogP contribution in [-0.2, 0) is 0 Å². The molecule has 1 fully saturated rings. The first-order chi connectivity index (χ1) is 9.91. The first-order valence-corrected chi connectivity index (χ1v) is 8.81. The number of rotatable bonds is 4. The van der Waals surface area contributed by atoms with Gasteiger partial charge in [0, 0.05) is 17.1 Å². The van der Waals surface area contributed by atoms with Crippen LogP contribution in [0.2, 0.25) is 5.02 Å². The molecule has 21 heavy (non-hydrogen) atoms. The average Bonchev–Trinajstić information content (AvgIpc) is 2.45. The molecule has 0 spiro atoms. The van der Waals surface area contributed by atoms with Crippen LogP contribution >= 0.6 is 11.6 Å². The summed E-state index contributed by atoms with van der Waals surface area (Å²) in [7, 11) is 0. The molecule has 2 rings (SSSR count). The second-order valence-corrected chi connectivity index (χ2v) is 7.98. The molecule has 1 aliphatic carbocycles. The summed E-state index contributed by atoms with van der Waals surface area (Å²) < 4.78 is 0. The van der Waals surface area contributed by atoms with E-state index in [0.717, 1.165) is 17.4 Å². The SMILES string of the molecule is CCC(NC1CCCCC1C(C)(C)C)c1ccc(Cl)cc1. The van der Waals surface area contributed by atoms with Crippen molar-refractivity contribution in [3.05, 3.63) is 34.9 Å². The van der Waals surface area contributed by atoms with Crippen molar-refractivity contribution in [2.75, 3.05) is 0 Å². The van der Waals surface area contributed by atoms with E-state index in [1.54, 1.807) is 0 Å². The van der Waals surface area contributed by atoms with Gasteiger partial charge in [0.2, 0.25) is 0 Å². The summed E-state index contributed by atoms with van der Waals surface area (Å²) >= 11 is 6.01. The molecule has 0 radical (unpaired) electrons. The predicted octanol–water partition coefficient (Wildman–Crippen LogP) is 5.99. The lowest BCUT2D eigenvalue weighted by atomic mass is 9.69. The van der Waals surface area contributed by atoms with E-state index in [1.807, 2.05) is 12.1 Å². The molecule has 1 aromatic rings. The summed E-state index contributed by atoms with van der Waals surface area (Å²) in [6.45, 7) is 9.43. The van der Waals surface area contributed by atoms with Crippen molar-refractivity contribution in [1.29, 1.82) is 0 Å². The zero-order valence-electron chi connectivity index (χ0n) is 14.0. The summed E-state index contributed by atoms with van der Waals surface area (Å²) in [5, 5.41) is 4.77. The minimum absolute atomic E-state index is 0.385. The van der Waals surface area contributed by atoms with E-state index in [4.69, 9.17) is 11.6 Å². The van der Waals surface area contributed by atoms with Crippen molar-refractivity contribution in [3.63, 3.8) is 0 Å². The van der Waals surface area contributed by atoms with Crippen LogP contribution in [0.4, 0.5) is 0 Å². The van der Waals surface area contributed by atoms with Gasteiger partial charge in [0.15, 0.2) is 0 Å². The second kappa shape index (κ2) is 7.15. The van der Waals surface area contributed by atoms with Crippen molar-refractivity contribution in [1.82, 2.24) is 5.32 Å². The number of nitrogens with one attached hydrogen (secondary N) is 1. The van der Waals surface area contributed by atoms with Crippen LogP contribution in [-0.4, -0.2) is 6.04 Å². The zero-order valence-corrected chi connectivity index (χ0v) is 14.7. The van der Waals surface area contributed by atoms with E-state index >= 15 is 0 Å². The predicted molar refractivity (Wildman–Crippen MR) is 92.8 cm³/mol. The molecule has 3 unspecified atom stereocenters. The smallest absolute Gasteiger partial charge is 0.0406 e. The normalized spacial score (nSPS) is 24.8. The Kier molecular flexibility index (Phi) is 5.73. The van der Waals surface area contributed by atoms with E-state index in [1.165, 1.54) is 31.2 Å². The topological polar surface area (TPSA) is 12.0 Å². The fraction of sp³-hybridized carbons (Fsp3) is 0.684. The molecule has 118 valence electrons. The Morgan fingerprint density at radius 2 is 1.76 bits per heavy atom. The van der Waals surface area contributed by atoms with Gasteiger partial charge in [-0.15, -0.1) is 0 Å². The van der Waals surface area contributed by atoms with Crippen molar-refractivity contribution in [2.24, 2.45) is 11.3 Å². The molecule has 0 heterocycles. The molecular formula is C19H30ClN. The molecule has 1 nitrogen and oxygen atoms in total. The van der Waals surface area contributed by atoms with Gasteiger partial charge >= 0.3 is 0 Å². The van der Waals surface area contributed by atoms with E-state index in [2.05, 4.69) is 45.1 Å². The Balaban J connectivity index is 2.10. The van der Waals surface area contributed by atoms with Gasteiger partial charge in [0.25, 0.3) is 0 Å². The highest BCUT2D eigenvalue weighted by atomic mass is 35.5. The maximum Gasteiger partial charge on any atom is 0.0406 e. The van der Waals surface area contributed by atoms with Gasteiger partial charge in [0.1, 0.15) is 0 Å². The van der Waals surface area contributed by atoms with E-state index in [0.29, 0.717) is 17.5 Å². The summed E-state index contributed by atoms with van der Waals surface area (Å²) in [5.41, 5.74) is 1.75. The standard InChI is InChI=1S/C19H30ClN/c1-5-17(14-10-12-15(20)13-11-14)21-18-9-7-6-8-16(18)19(2,3)4/h10-13,16-18,21H,5-9H2,1-4H3. The molecule has 2 heteroatoms. The van der Waals surface area contributed by atoms with Crippen molar-refractivity contribution >= 4 is 11.6 Å². The Labute approximate surface area is 135 Å². The lowest BCUT2D eigenvalue weighted by molar-refractivity contribution is 0.122. The first kappa shape index (κ1) is 16.8. The maximum absolute atomic E-state index is 6.01. The van der Waals surface area contributed by atoms with Gasteiger partial charge in [-0.1, -0.05) is 64.3 Å². The Hall–Kier alpha value is -0.530. The molecular weight excluding hydrogens is 278 g/mol. The van der Waals surface area contributed by atoms with Crippen LogP contribution in [0.1, 0.15) is 71.4 Å². The number of benzene rings is 1. The third kappa shape index (κ3) is 4.47. The molecule has 0 saturated heterocycles. The monoisotopic (exact) mass is 307 g/mol. The molecule has 1 saturated carbocycles. The van der Waals surface area contributed by atoms with Crippen LogP contribution < -0.4 is 5.32 Å². The molecule has 1 aliphatic rings. The highest BCUT2D eigenvalue weighted by molar-refractivity contribution is 6.30. The van der Waals surface area contributed by atoms with Crippen LogP contribution in [0.15, 0.2) is 24.3 Å². The van der Waals surface area contributed by atoms with Gasteiger partial charge < -0.3 is 5.32 Å². The molecule has 3 atom stereocenters. The molecule has 0 aliphatic heterocycles. The largest absolute Gasteiger partial charge is 0.307 e. The molecule has 0 aromatic heterocycles. The highest BCUT2D eigenvalue weighted by Crippen LogP contribution is 2.39. The minimum atomic E-state index is 0.385. The Bertz CT molecular complexity index is 432.